The van der Waals surface area contributed by atoms with Crippen molar-refractivity contribution in [2.24, 2.45) is 11.8 Å². The first-order valence-electron chi connectivity index (χ1n) is 11.2. The molecule has 4 fully saturated rings. The smallest absolute Gasteiger partial charge is 0.269 e. The van der Waals surface area contributed by atoms with Gasteiger partial charge in [-0.2, -0.15) is 4.72 Å². The van der Waals surface area contributed by atoms with Crippen LogP contribution < -0.4 is 4.72 Å². The van der Waals surface area contributed by atoms with Crippen molar-refractivity contribution in [3.63, 3.8) is 0 Å². The Morgan fingerprint density at radius 2 is 1.74 bits per heavy atom. The lowest BCUT2D eigenvalue weighted by Gasteiger charge is -2.59. The van der Waals surface area contributed by atoms with Gasteiger partial charge in [-0.25, -0.2) is 8.42 Å². The number of non-ortho nitro benzene ring substituents is 1. The highest BCUT2D eigenvalue weighted by Crippen LogP contribution is 2.44. The predicted molar refractivity (Wildman–Crippen MR) is 113 cm³/mol. The molecule has 168 valence electrons. The van der Waals surface area contributed by atoms with Gasteiger partial charge in [0.2, 0.25) is 15.9 Å². The highest BCUT2D eigenvalue weighted by molar-refractivity contribution is 7.89. The van der Waals surface area contributed by atoms with E-state index in [0.717, 1.165) is 57.5 Å². The van der Waals surface area contributed by atoms with Crippen LogP contribution in [-0.2, 0) is 14.8 Å². The summed E-state index contributed by atoms with van der Waals surface area (Å²) in [7, 11) is -3.94. The van der Waals surface area contributed by atoms with Crippen molar-refractivity contribution in [2.45, 2.75) is 61.5 Å². The monoisotopic (exact) mass is 448 g/mol. The number of sulfonamides is 1. The van der Waals surface area contributed by atoms with Crippen LogP contribution in [0.15, 0.2) is 29.2 Å². The molecule has 0 spiro atoms. The Balaban J connectivity index is 1.33. The molecule has 0 bridgehead atoms. The zero-order valence-corrected chi connectivity index (χ0v) is 18.2. The maximum atomic E-state index is 13.3. The number of carbonyl (C=O) groups excluding carboxylic acids is 1. The van der Waals surface area contributed by atoms with Crippen LogP contribution in [0, 0.1) is 22.0 Å². The number of nitrogens with zero attached hydrogens (tertiary/aromatic N) is 3. The van der Waals surface area contributed by atoms with Crippen LogP contribution in [0.5, 0.6) is 0 Å². The van der Waals surface area contributed by atoms with E-state index >= 15 is 0 Å². The lowest BCUT2D eigenvalue weighted by atomic mass is 9.68. The van der Waals surface area contributed by atoms with Crippen molar-refractivity contribution in [1.29, 1.82) is 0 Å². The Kier molecular flexibility index (Phi) is 5.26. The molecular formula is C21H28N4O5S. The largest absolute Gasteiger partial charge is 0.338 e. The minimum Gasteiger partial charge on any atom is -0.338 e. The number of fused-ring (bicyclic) bond motifs is 2. The van der Waals surface area contributed by atoms with Gasteiger partial charge in [0.25, 0.3) is 5.69 Å². The number of amides is 1. The second-order valence-electron chi connectivity index (χ2n) is 9.30. The maximum absolute atomic E-state index is 13.3. The van der Waals surface area contributed by atoms with E-state index in [9.17, 15) is 23.3 Å². The van der Waals surface area contributed by atoms with Gasteiger partial charge in [0, 0.05) is 30.8 Å². The SMILES string of the molecule is O=C1C(NS(=O)(=O)c2ccc([N+](=O)[O-])cc2)CC[C@@H]2[C@H]3CCCN4CCC[C@@H](CN12)[C@@H]34. The molecule has 0 aromatic heterocycles. The zero-order valence-electron chi connectivity index (χ0n) is 17.4. The maximum Gasteiger partial charge on any atom is 0.269 e. The molecule has 4 aliphatic heterocycles. The highest BCUT2D eigenvalue weighted by Gasteiger charge is 2.52. The van der Waals surface area contributed by atoms with Crippen molar-refractivity contribution in [3.05, 3.63) is 34.4 Å². The van der Waals surface area contributed by atoms with Gasteiger partial charge in [-0.3, -0.25) is 19.8 Å². The third-order valence-electron chi connectivity index (χ3n) is 7.66. The summed E-state index contributed by atoms with van der Waals surface area (Å²) < 4.78 is 28.2. The number of rotatable bonds is 4. The first kappa shape index (κ1) is 20.8. The summed E-state index contributed by atoms with van der Waals surface area (Å²) in [6.45, 7) is 3.04. The second kappa shape index (κ2) is 7.83. The summed E-state index contributed by atoms with van der Waals surface area (Å²) in [6, 6.07) is 4.74. The van der Waals surface area contributed by atoms with E-state index in [4.69, 9.17) is 0 Å². The van der Waals surface area contributed by atoms with Crippen LogP contribution in [0.4, 0.5) is 5.69 Å². The first-order chi connectivity index (χ1) is 14.8. The molecule has 1 aromatic carbocycles. The second-order valence-corrected chi connectivity index (χ2v) is 11.0. The molecule has 1 amide bonds. The summed E-state index contributed by atoms with van der Waals surface area (Å²) in [4.78, 5) is 28.1. The fourth-order valence-corrected chi connectivity index (χ4v) is 7.61. The van der Waals surface area contributed by atoms with Crippen molar-refractivity contribution in [1.82, 2.24) is 14.5 Å². The fourth-order valence-electron chi connectivity index (χ4n) is 6.39. The van der Waals surface area contributed by atoms with Gasteiger partial charge in [0.05, 0.1) is 9.82 Å². The van der Waals surface area contributed by atoms with E-state index in [0.29, 0.717) is 24.3 Å². The lowest BCUT2D eigenvalue weighted by molar-refractivity contribution is -0.384. The molecule has 31 heavy (non-hydrogen) atoms. The van der Waals surface area contributed by atoms with Crippen molar-refractivity contribution in [3.8, 4) is 0 Å². The third kappa shape index (κ3) is 3.64. The number of nitro benzene ring substituents is 1. The number of carbonyl (C=O) groups is 1. The van der Waals surface area contributed by atoms with Gasteiger partial charge >= 0.3 is 0 Å². The fraction of sp³-hybridized carbons (Fsp3) is 0.667. The molecule has 4 heterocycles. The molecule has 1 aromatic rings. The van der Waals surface area contributed by atoms with Gasteiger partial charge in [-0.1, -0.05) is 0 Å². The van der Waals surface area contributed by atoms with Crippen LogP contribution in [0.25, 0.3) is 0 Å². The van der Waals surface area contributed by atoms with Gasteiger partial charge in [0.15, 0.2) is 0 Å². The molecule has 0 aliphatic carbocycles. The molecule has 1 unspecified atom stereocenters. The standard InChI is InChI=1S/C21H28N4O5S/c26-21-18(22-31(29,30)16-7-5-15(6-8-16)25(27)28)9-10-19-17-4-2-12-23-11-1-3-14(20(17)23)13-24(19)21/h5-8,14,17-20,22H,1-4,9-13H2/t14-,17+,18?,19+,20-/m0/s1. The number of benzene rings is 1. The average molecular weight is 449 g/mol. The highest BCUT2D eigenvalue weighted by atomic mass is 32.2. The van der Waals surface area contributed by atoms with Crippen LogP contribution in [0.3, 0.4) is 0 Å². The van der Waals surface area contributed by atoms with Crippen molar-refractivity contribution >= 4 is 21.6 Å². The molecule has 0 radical (unpaired) electrons. The molecule has 0 saturated carbocycles. The minimum absolute atomic E-state index is 0.0677. The zero-order chi connectivity index (χ0) is 21.8. The molecule has 4 saturated heterocycles. The van der Waals surface area contributed by atoms with Crippen molar-refractivity contribution in [2.75, 3.05) is 19.6 Å². The van der Waals surface area contributed by atoms with Crippen LogP contribution in [0.1, 0.15) is 38.5 Å². The average Bonchev–Trinajstić information content (AvgIpc) is 2.76. The lowest BCUT2D eigenvalue weighted by Crippen LogP contribution is -2.69. The molecular weight excluding hydrogens is 420 g/mol. The number of piperidine rings is 4. The summed E-state index contributed by atoms with van der Waals surface area (Å²) in [5.41, 5.74) is -0.174. The first-order valence-corrected chi connectivity index (χ1v) is 12.6. The summed E-state index contributed by atoms with van der Waals surface area (Å²) in [5.74, 6) is 0.844. The Morgan fingerprint density at radius 3 is 2.45 bits per heavy atom. The number of hydrogen-bond donors (Lipinski definition) is 1. The van der Waals surface area contributed by atoms with Gasteiger partial charge in [-0.05, 0) is 75.6 Å². The topological polar surface area (TPSA) is 113 Å². The Hall–Kier alpha value is -2.04. The Labute approximate surface area is 182 Å². The van der Waals surface area contributed by atoms with Crippen molar-refractivity contribution < 1.29 is 18.1 Å². The van der Waals surface area contributed by atoms with Crippen LogP contribution >= 0.6 is 0 Å². The normalized spacial score (nSPS) is 33.5. The predicted octanol–water partition coefficient (Wildman–Crippen LogP) is 1.74. The molecule has 4 aliphatic rings. The third-order valence-corrected chi connectivity index (χ3v) is 9.15. The van der Waals surface area contributed by atoms with E-state index < -0.39 is 21.0 Å². The number of hydrogen-bond acceptors (Lipinski definition) is 6. The summed E-state index contributed by atoms with van der Waals surface area (Å²) in [5, 5.41) is 10.8. The van der Waals surface area contributed by atoms with E-state index in [-0.39, 0.29) is 22.5 Å². The summed E-state index contributed by atoms with van der Waals surface area (Å²) >= 11 is 0. The quantitative estimate of drug-likeness (QED) is 0.555. The number of nitrogens with one attached hydrogen (secondary N) is 1. The number of nitro groups is 1. The molecule has 1 N–H and O–H groups in total. The molecule has 5 atom stereocenters. The minimum atomic E-state index is -3.94. The Morgan fingerprint density at radius 1 is 1.03 bits per heavy atom. The van der Waals surface area contributed by atoms with Gasteiger partial charge < -0.3 is 4.90 Å². The van der Waals surface area contributed by atoms with E-state index in [1.54, 1.807) is 0 Å². The van der Waals surface area contributed by atoms with E-state index in [2.05, 4.69) is 9.62 Å². The Bertz CT molecular complexity index is 980. The summed E-state index contributed by atoms with van der Waals surface area (Å²) in [6.07, 6.45) is 5.90. The van der Waals surface area contributed by atoms with Crippen LogP contribution in [-0.4, -0.2) is 66.8 Å². The van der Waals surface area contributed by atoms with Gasteiger partial charge in [0.1, 0.15) is 6.04 Å². The molecule has 9 nitrogen and oxygen atoms in total. The molecule has 10 heteroatoms. The molecule has 5 rings (SSSR count). The van der Waals surface area contributed by atoms with E-state index in [1.165, 1.54) is 18.6 Å². The van der Waals surface area contributed by atoms with Gasteiger partial charge in [-0.15, -0.1) is 0 Å². The van der Waals surface area contributed by atoms with E-state index in [1.807, 2.05) is 4.90 Å². The van der Waals surface area contributed by atoms with Crippen LogP contribution in [0.2, 0.25) is 0 Å².